The van der Waals surface area contributed by atoms with Gasteiger partial charge in [-0.3, -0.25) is 4.98 Å². The van der Waals surface area contributed by atoms with Crippen LogP contribution in [0.4, 0.5) is 0 Å². The minimum Gasteiger partial charge on any atom is -0.310 e. The first-order chi connectivity index (χ1) is 9.27. The number of hydrogen-bond acceptors (Lipinski definition) is 2. The molecule has 0 radical (unpaired) electrons. The van der Waals surface area contributed by atoms with Crippen LogP contribution in [0, 0.1) is 0 Å². The van der Waals surface area contributed by atoms with Gasteiger partial charge in [0.1, 0.15) is 0 Å². The van der Waals surface area contributed by atoms with Crippen LogP contribution in [0.3, 0.4) is 0 Å². The van der Waals surface area contributed by atoms with Crippen molar-refractivity contribution in [2.45, 2.75) is 32.2 Å². The third kappa shape index (κ3) is 4.18. The molecule has 0 aliphatic rings. The van der Waals surface area contributed by atoms with Crippen molar-refractivity contribution in [1.82, 2.24) is 10.3 Å². The van der Waals surface area contributed by atoms with E-state index in [1.807, 2.05) is 12.4 Å². The SMILES string of the molecule is CC(CCN[C@@H](C)c1ccncc1)c1ccccc1. The van der Waals surface area contributed by atoms with Crippen molar-refractivity contribution in [1.29, 1.82) is 0 Å². The molecular formula is C17H22N2. The summed E-state index contributed by atoms with van der Waals surface area (Å²) in [5.74, 6) is 0.596. The van der Waals surface area contributed by atoms with Crippen molar-refractivity contribution < 1.29 is 0 Å². The average molecular weight is 254 g/mol. The molecule has 0 bridgehead atoms. The molecule has 2 atom stereocenters. The van der Waals surface area contributed by atoms with Gasteiger partial charge in [0.25, 0.3) is 0 Å². The normalized spacial score (nSPS) is 14.0. The summed E-state index contributed by atoms with van der Waals surface area (Å²) >= 11 is 0. The Balaban J connectivity index is 1.78. The molecule has 2 heteroatoms. The largest absolute Gasteiger partial charge is 0.310 e. The molecule has 0 aliphatic carbocycles. The van der Waals surface area contributed by atoms with E-state index >= 15 is 0 Å². The van der Waals surface area contributed by atoms with Crippen LogP contribution in [0.15, 0.2) is 54.9 Å². The predicted octanol–water partition coefficient (Wildman–Crippen LogP) is 3.93. The topological polar surface area (TPSA) is 24.9 Å². The van der Waals surface area contributed by atoms with Gasteiger partial charge in [-0.05, 0) is 49.1 Å². The van der Waals surface area contributed by atoms with Gasteiger partial charge >= 0.3 is 0 Å². The summed E-state index contributed by atoms with van der Waals surface area (Å²) < 4.78 is 0. The summed E-state index contributed by atoms with van der Waals surface area (Å²) in [7, 11) is 0. The molecule has 0 saturated carbocycles. The van der Waals surface area contributed by atoms with Gasteiger partial charge in [0.05, 0.1) is 0 Å². The second-order valence-corrected chi connectivity index (χ2v) is 5.06. The van der Waals surface area contributed by atoms with Gasteiger partial charge in [-0.2, -0.15) is 0 Å². The van der Waals surface area contributed by atoms with Gasteiger partial charge < -0.3 is 5.32 Å². The number of aromatic nitrogens is 1. The summed E-state index contributed by atoms with van der Waals surface area (Å²) in [6, 6.07) is 15.2. The fraction of sp³-hybridized carbons (Fsp3) is 0.353. The molecule has 100 valence electrons. The number of benzene rings is 1. The molecule has 2 aromatic rings. The molecule has 0 amide bonds. The average Bonchev–Trinajstić information content (AvgIpc) is 2.49. The lowest BCUT2D eigenvalue weighted by atomic mass is 9.98. The molecule has 1 heterocycles. The summed E-state index contributed by atoms with van der Waals surface area (Å²) in [5, 5.41) is 3.57. The van der Waals surface area contributed by atoms with Crippen molar-refractivity contribution in [3.8, 4) is 0 Å². The highest BCUT2D eigenvalue weighted by molar-refractivity contribution is 5.18. The molecule has 1 N–H and O–H groups in total. The fourth-order valence-electron chi connectivity index (χ4n) is 2.23. The van der Waals surface area contributed by atoms with Gasteiger partial charge in [0, 0.05) is 18.4 Å². The monoisotopic (exact) mass is 254 g/mol. The molecule has 19 heavy (non-hydrogen) atoms. The number of nitrogens with zero attached hydrogens (tertiary/aromatic N) is 1. The van der Waals surface area contributed by atoms with Crippen molar-refractivity contribution >= 4 is 0 Å². The quantitative estimate of drug-likeness (QED) is 0.845. The van der Waals surface area contributed by atoms with Gasteiger partial charge in [0.2, 0.25) is 0 Å². The van der Waals surface area contributed by atoms with Gasteiger partial charge in [-0.15, -0.1) is 0 Å². The molecule has 0 spiro atoms. The smallest absolute Gasteiger partial charge is 0.0292 e. The Kier molecular flexibility index (Phi) is 5.10. The zero-order chi connectivity index (χ0) is 13.5. The highest BCUT2D eigenvalue weighted by atomic mass is 14.9. The molecule has 0 saturated heterocycles. The van der Waals surface area contributed by atoms with E-state index in [4.69, 9.17) is 0 Å². The first-order valence-electron chi connectivity index (χ1n) is 6.95. The molecular weight excluding hydrogens is 232 g/mol. The summed E-state index contributed by atoms with van der Waals surface area (Å²) in [5.41, 5.74) is 2.71. The zero-order valence-corrected chi connectivity index (χ0v) is 11.7. The maximum Gasteiger partial charge on any atom is 0.0292 e. The number of hydrogen-bond donors (Lipinski definition) is 1. The lowest BCUT2D eigenvalue weighted by Crippen LogP contribution is -2.21. The second kappa shape index (κ2) is 7.05. The molecule has 1 aromatic heterocycles. The van der Waals surface area contributed by atoms with E-state index in [9.17, 15) is 0 Å². The first kappa shape index (κ1) is 13.8. The molecule has 1 aromatic carbocycles. The highest BCUT2D eigenvalue weighted by Gasteiger charge is 2.07. The van der Waals surface area contributed by atoms with Crippen molar-refractivity contribution in [2.24, 2.45) is 0 Å². The van der Waals surface area contributed by atoms with Crippen LogP contribution in [0.1, 0.15) is 43.4 Å². The van der Waals surface area contributed by atoms with Crippen LogP contribution in [-0.2, 0) is 0 Å². The van der Waals surface area contributed by atoms with Gasteiger partial charge in [-0.25, -0.2) is 0 Å². The minimum absolute atomic E-state index is 0.381. The third-order valence-electron chi connectivity index (χ3n) is 3.60. The Morgan fingerprint density at radius 3 is 2.32 bits per heavy atom. The van der Waals surface area contributed by atoms with Crippen LogP contribution < -0.4 is 5.32 Å². The van der Waals surface area contributed by atoms with E-state index in [1.54, 1.807) is 0 Å². The maximum atomic E-state index is 4.05. The van der Waals surface area contributed by atoms with Crippen LogP contribution in [0.5, 0.6) is 0 Å². The van der Waals surface area contributed by atoms with Crippen LogP contribution in [0.25, 0.3) is 0 Å². The Bertz CT molecular complexity index is 422. The zero-order valence-electron chi connectivity index (χ0n) is 11.7. The fourth-order valence-corrected chi connectivity index (χ4v) is 2.23. The summed E-state index contributed by atoms with van der Waals surface area (Å²) in [6.45, 7) is 5.51. The van der Waals surface area contributed by atoms with E-state index in [-0.39, 0.29) is 0 Å². The Labute approximate surface area is 115 Å². The lowest BCUT2D eigenvalue weighted by Gasteiger charge is -2.16. The maximum absolute atomic E-state index is 4.05. The van der Waals surface area contributed by atoms with Crippen molar-refractivity contribution in [3.05, 3.63) is 66.0 Å². The molecule has 2 nitrogen and oxygen atoms in total. The number of rotatable bonds is 6. The minimum atomic E-state index is 0.381. The standard InChI is InChI=1S/C17H22N2/c1-14(16-6-4-3-5-7-16)8-13-19-15(2)17-9-11-18-12-10-17/h3-7,9-12,14-15,19H,8,13H2,1-2H3/t14?,15-/m0/s1. The Morgan fingerprint density at radius 1 is 0.947 bits per heavy atom. The van der Waals surface area contributed by atoms with Crippen LogP contribution in [-0.4, -0.2) is 11.5 Å². The van der Waals surface area contributed by atoms with E-state index in [0.717, 1.165) is 13.0 Å². The Morgan fingerprint density at radius 2 is 1.63 bits per heavy atom. The van der Waals surface area contributed by atoms with Crippen LogP contribution in [0.2, 0.25) is 0 Å². The van der Waals surface area contributed by atoms with Crippen LogP contribution >= 0.6 is 0 Å². The lowest BCUT2D eigenvalue weighted by molar-refractivity contribution is 0.531. The van der Waals surface area contributed by atoms with E-state index in [0.29, 0.717) is 12.0 Å². The van der Waals surface area contributed by atoms with Gasteiger partial charge in [0.15, 0.2) is 0 Å². The molecule has 0 aliphatic heterocycles. The van der Waals surface area contributed by atoms with Crippen molar-refractivity contribution in [3.63, 3.8) is 0 Å². The molecule has 2 rings (SSSR count). The number of nitrogens with one attached hydrogen (secondary N) is 1. The van der Waals surface area contributed by atoms with E-state index < -0.39 is 0 Å². The highest BCUT2D eigenvalue weighted by Crippen LogP contribution is 2.18. The molecule has 1 unspecified atom stereocenters. The first-order valence-corrected chi connectivity index (χ1v) is 6.95. The summed E-state index contributed by atoms with van der Waals surface area (Å²) in [6.07, 6.45) is 4.85. The van der Waals surface area contributed by atoms with E-state index in [2.05, 4.69) is 66.6 Å². The summed E-state index contributed by atoms with van der Waals surface area (Å²) in [4.78, 5) is 4.05. The van der Waals surface area contributed by atoms with Crippen molar-refractivity contribution in [2.75, 3.05) is 6.54 Å². The number of pyridine rings is 1. The van der Waals surface area contributed by atoms with E-state index in [1.165, 1.54) is 11.1 Å². The van der Waals surface area contributed by atoms with Gasteiger partial charge in [-0.1, -0.05) is 37.3 Å². The predicted molar refractivity (Wildman–Crippen MR) is 80.1 cm³/mol. The molecule has 0 fully saturated rings. The second-order valence-electron chi connectivity index (χ2n) is 5.06. The Hall–Kier alpha value is -1.67. The third-order valence-corrected chi connectivity index (χ3v) is 3.60.